The molecule has 0 heterocycles. The highest BCUT2D eigenvalue weighted by molar-refractivity contribution is 6.90. The maximum atomic E-state index is 11.6. The van der Waals surface area contributed by atoms with Crippen molar-refractivity contribution >= 4 is 19.7 Å². The van der Waals surface area contributed by atoms with Crippen LogP contribution in [0.4, 0.5) is 5.69 Å². The predicted octanol–water partition coefficient (Wildman–Crippen LogP) is 6.02. The molecule has 1 aromatic carbocycles. The minimum absolute atomic E-state index is 0.201. The second-order valence-electron chi connectivity index (χ2n) is 7.35. The summed E-state index contributed by atoms with van der Waals surface area (Å²) >= 11 is 0. The summed E-state index contributed by atoms with van der Waals surface area (Å²) in [4.78, 5) is 14.4. The second kappa shape index (κ2) is 10.1. The third-order valence-corrected chi connectivity index (χ3v) is 11.3. The Morgan fingerprint density at radius 3 is 2.26 bits per heavy atom. The van der Waals surface area contributed by atoms with Gasteiger partial charge in [0.2, 0.25) is 0 Å². The zero-order valence-electron chi connectivity index (χ0n) is 17.2. The van der Waals surface area contributed by atoms with E-state index in [1.807, 2.05) is 0 Å². The number of hydrogen-bond acceptors (Lipinski definition) is 4. The van der Waals surface area contributed by atoms with Crippen LogP contribution in [0.15, 0.2) is 23.3 Å². The van der Waals surface area contributed by atoms with Gasteiger partial charge in [-0.05, 0) is 40.4 Å². The topological polar surface area (TPSA) is 84.3 Å². The molecule has 0 atom stereocenters. The summed E-state index contributed by atoms with van der Waals surface area (Å²) in [7, 11) is -0.512. The average Bonchev–Trinajstić information content (AvgIpc) is 2.61. The molecule has 0 amide bonds. The number of azide groups is 1. The predicted molar refractivity (Wildman–Crippen MR) is 111 cm³/mol. The molecule has 0 saturated carbocycles. The van der Waals surface area contributed by atoms with Crippen LogP contribution in [0, 0.1) is 11.5 Å². The van der Waals surface area contributed by atoms with Gasteiger partial charge in [0.1, 0.15) is 20.4 Å². The first-order valence-corrected chi connectivity index (χ1v) is 11.3. The van der Waals surface area contributed by atoms with Crippen molar-refractivity contribution in [1.82, 2.24) is 0 Å². The van der Waals surface area contributed by atoms with Crippen molar-refractivity contribution in [2.75, 3.05) is 13.7 Å². The lowest BCUT2D eigenvalue weighted by Crippen LogP contribution is -2.43. The van der Waals surface area contributed by atoms with E-state index >= 15 is 0 Å². The number of rotatable bonds is 7. The molecule has 146 valence electrons. The maximum Gasteiger partial charge on any atom is 0.337 e. The van der Waals surface area contributed by atoms with Gasteiger partial charge in [-0.3, -0.25) is 0 Å². The van der Waals surface area contributed by atoms with Gasteiger partial charge in [-0.2, -0.15) is 0 Å². The van der Waals surface area contributed by atoms with Gasteiger partial charge in [0, 0.05) is 4.91 Å². The van der Waals surface area contributed by atoms with Crippen LogP contribution in [0.25, 0.3) is 10.4 Å². The van der Waals surface area contributed by atoms with Crippen molar-refractivity contribution < 1.29 is 14.3 Å². The normalized spacial score (nSPS) is 11.0. The molecule has 0 aromatic heterocycles. The van der Waals surface area contributed by atoms with E-state index in [-0.39, 0.29) is 12.3 Å². The number of ether oxygens (including phenoxy) is 2. The van der Waals surface area contributed by atoms with Crippen molar-refractivity contribution in [3.8, 4) is 17.2 Å². The van der Waals surface area contributed by atoms with E-state index < -0.39 is 14.0 Å². The van der Waals surface area contributed by atoms with E-state index in [9.17, 15) is 4.79 Å². The monoisotopic (exact) mass is 387 g/mol. The van der Waals surface area contributed by atoms with Crippen molar-refractivity contribution in [1.29, 1.82) is 0 Å². The summed E-state index contributed by atoms with van der Waals surface area (Å²) in [5.41, 5.74) is 14.5. The van der Waals surface area contributed by atoms with Crippen molar-refractivity contribution in [3.63, 3.8) is 0 Å². The van der Waals surface area contributed by atoms with Gasteiger partial charge in [-0.1, -0.05) is 52.6 Å². The summed E-state index contributed by atoms with van der Waals surface area (Å²) < 4.78 is 10.4. The lowest BCUT2D eigenvalue weighted by atomic mass is 10.2. The number of esters is 1. The van der Waals surface area contributed by atoms with E-state index in [0.717, 1.165) is 0 Å². The van der Waals surface area contributed by atoms with Gasteiger partial charge in [-0.15, -0.1) is 5.54 Å². The van der Waals surface area contributed by atoms with Crippen molar-refractivity contribution in [2.24, 2.45) is 5.11 Å². The molecule has 0 bridgehead atoms. The van der Waals surface area contributed by atoms with Crippen LogP contribution in [0.1, 0.15) is 51.9 Å². The molecular formula is C20H29N3O3Si. The van der Waals surface area contributed by atoms with Crippen LogP contribution in [0.2, 0.25) is 16.6 Å². The Morgan fingerprint density at radius 2 is 1.78 bits per heavy atom. The molecule has 1 rings (SSSR count). The smallest absolute Gasteiger partial charge is 0.337 e. The number of carbonyl (C=O) groups excluding carboxylic acids is 1. The number of nitrogens with zero attached hydrogens (tertiary/aromatic N) is 3. The highest BCUT2D eigenvalue weighted by atomic mass is 28.3. The number of carbonyl (C=O) groups is 1. The molecular weight excluding hydrogens is 358 g/mol. The minimum Gasteiger partial charge on any atom is -0.480 e. The first kappa shape index (κ1) is 22.6. The number of methoxy groups -OCH3 is 1. The highest BCUT2D eigenvalue weighted by Gasteiger charge is 2.41. The Hall–Kier alpha value is -2.42. The molecule has 6 nitrogen and oxygen atoms in total. The van der Waals surface area contributed by atoms with Crippen LogP contribution in [-0.4, -0.2) is 27.8 Å². The van der Waals surface area contributed by atoms with Crippen LogP contribution in [0.3, 0.4) is 0 Å². The van der Waals surface area contributed by atoms with Gasteiger partial charge >= 0.3 is 5.97 Å². The van der Waals surface area contributed by atoms with Crippen LogP contribution >= 0.6 is 0 Å². The second-order valence-corrected chi connectivity index (χ2v) is 12.9. The third kappa shape index (κ3) is 5.28. The van der Waals surface area contributed by atoms with Gasteiger partial charge in [0.05, 0.1) is 18.4 Å². The van der Waals surface area contributed by atoms with Crippen molar-refractivity contribution in [3.05, 3.63) is 34.2 Å². The quantitative estimate of drug-likeness (QED) is 0.143. The van der Waals surface area contributed by atoms with E-state index in [2.05, 4.69) is 67.8 Å². The summed E-state index contributed by atoms with van der Waals surface area (Å²) in [6, 6.07) is 4.61. The molecule has 0 aliphatic rings. The SMILES string of the molecule is COC(=O)c1ccc(OCC#C[Si](C(C)C)(C(C)C)C(C)C)c(N=[N+]=[N-])c1. The summed E-state index contributed by atoms with van der Waals surface area (Å²) in [6.07, 6.45) is 0. The molecule has 0 aliphatic heterocycles. The fourth-order valence-corrected chi connectivity index (χ4v) is 8.99. The summed E-state index contributed by atoms with van der Waals surface area (Å²) in [6.45, 7) is 13.7. The Balaban J connectivity index is 3.07. The molecule has 27 heavy (non-hydrogen) atoms. The maximum absolute atomic E-state index is 11.6. The van der Waals surface area contributed by atoms with Crippen LogP contribution in [-0.2, 0) is 4.74 Å². The number of benzene rings is 1. The van der Waals surface area contributed by atoms with E-state index in [4.69, 9.17) is 10.3 Å². The van der Waals surface area contributed by atoms with E-state index in [1.54, 1.807) is 12.1 Å². The lowest BCUT2D eigenvalue weighted by molar-refractivity contribution is 0.0600. The average molecular weight is 388 g/mol. The standard InChI is InChI=1S/C20H29N3O3Si/c1-14(2)27(15(3)4,16(5)6)12-8-11-26-19-10-9-17(20(24)25-7)13-18(19)22-23-21/h9-10,13-16H,11H2,1-7H3. The molecule has 0 unspecified atom stereocenters. The summed E-state index contributed by atoms with van der Waals surface area (Å²) in [5.74, 6) is 3.09. The molecule has 1 aromatic rings. The molecule has 0 fully saturated rings. The molecule has 0 aliphatic carbocycles. The molecule has 7 heteroatoms. The zero-order valence-corrected chi connectivity index (χ0v) is 18.2. The minimum atomic E-state index is -1.81. The Labute approximate surface area is 162 Å². The third-order valence-electron chi connectivity index (χ3n) is 5.00. The lowest BCUT2D eigenvalue weighted by Gasteiger charge is -2.38. The van der Waals surface area contributed by atoms with Crippen molar-refractivity contribution in [2.45, 2.75) is 58.2 Å². The first-order chi connectivity index (χ1) is 12.7. The molecule has 0 N–H and O–H groups in total. The zero-order chi connectivity index (χ0) is 20.6. The Bertz CT molecular complexity index is 751. The fourth-order valence-electron chi connectivity index (χ4n) is 3.75. The van der Waals surface area contributed by atoms with Gasteiger partial charge < -0.3 is 9.47 Å². The Morgan fingerprint density at radius 1 is 1.19 bits per heavy atom. The van der Waals surface area contributed by atoms with Gasteiger partial charge in [0.15, 0.2) is 0 Å². The highest BCUT2D eigenvalue weighted by Crippen LogP contribution is 2.40. The Kier molecular flexibility index (Phi) is 8.42. The van der Waals surface area contributed by atoms with Crippen LogP contribution < -0.4 is 4.74 Å². The van der Waals surface area contributed by atoms with Gasteiger partial charge in [0.25, 0.3) is 0 Å². The van der Waals surface area contributed by atoms with E-state index in [0.29, 0.717) is 27.9 Å². The van der Waals surface area contributed by atoms with Crippen LogP contribution in [0.5, 0.6) is 5.75 Å². The molecule has 0 spiro atoms. The molecule has 0 saturated heterocycles. The first-order valence-electron chi connectivity index (χ1n) is 9.10. The molecule has 0 radical (unpaired) electrons. The number of hydrogen-bond donors (Lipinski definition) is 0. The van der Waals surface area contributed by atoms with E-state index in [1.165, 1.54) is 13.2 Å². The fraction of sp³-hybridized carbons (Fsp3) is 0.550. The summed E-state index contributed by atoms with van der Waals surface area (Å²) in [5, 5.41) is 3.60. The van der Waals surface area contributed by atoms with Gasteiger partial charge in [-0.25, -0.2) is 4.79 Å². The largest absolute Gasteiger partial charge is 0.480 e.